The van der Waals surface area contributed by atoms with Crippen molar-refractivity contribution in [3.05, 3.63) is 47.7 Å². The minimum absolute atomic E-state index is 0.0588. The fraction of sp³-hybridized carbons (Fsp3) is 0.312. The standard InChI is InChI=1S/C16H20N2O3/c1-20-11-8-15-14(7-10-19)16(6-9-18-15)21-13-4-2-12(17)3-5-13/h2-7,9,15,19H,8,10-11,17H2,1H3/b14-7+. The van der Waals surface area contributed by atoms with Gasteiger partial charge in [-0.1, -0.05) is 6.08 Å². The Labute approximate surface area is 124 Å². The Morgan fingerprint density at radius 3 is 2.76 bits per heavy atom. The molecule has 0 radical (unpaired) electrons. The van der Waals surface area contributed by atoms with Crippen molar-refractivity contribution < 1.29 is 14.6 Å². The number of ether oxygens (including phenoxy) is 2. The molecule has 1 aliphatic heterocycles. The number of anilines is 1. The van der Waals surface area contributed by atoms with Crippen molar-refractivity contribution in [1.82, 2.24) is 0 Å². The van der Waals surface area contributed by atoms with E-state index in [1.165, 1.54) is 0 Å². The molecule has 1 aromatic carbocycles. The number of aliphatic imine (C=N–C) groups is 1. The summed E-state index contributed by atoms with van der Waals surface area (Å²) in [6.45, 7) is 0.538. The van der Waals surface area contributed by atoms with Crippen LogP contribution in [0.2, 0.25) is 0 Å². The first-order valence-corrected chi connectivity index (χ1v) is 6.81. The Kier molecular flexibility index (Phi) is 5.54. The fourth-order valence-corrected chi connectivity index (χ4v) is 2.11. The molecule has 1 aliphatic rings. The SMILES string of the molecule is COCCC1N=CC=C(Oc2ccc(N)cc2)/C1=C/CO. The summed E-state index contributed by atoms with van der Waals surface area (Å²) >= 11 is 0. The van der Waals surface area contributed by atoms with Crippen LogP contribution in [-0.2, 0) is 4.74 Å². The van der Waals surface area contributed by atoms with E-state index in [9.17, 15) is 5.11 Å². The van der Waals surface area contributed by atoms with Gasteiger partial charge >= 0.3 is 0 Å². The molecule has 5 nitrogen and oxygen atoms in total. The summed E-state index contributed by atoms with van der Waals surface area (Å²) in [4.78, 5) is 4.41. The van der Waals surface area contributed by atoms with Gasteiger partial charge in [0.2, 0.25) is 0 Å². The second-order valence-corrected chi connectivity index (χ2v) is 4.64. The predicted octanol–water partition coefficient (Wildman–Crippen LogP) is 1.94. The molecule has 21 heavy (non-hydrogen) atoms. The van der Waals surface area contributed by atoms with E-state index >= 15 is 0 Å². The third-order valence-electron chi connectivity index (χ3n) is 3.15. The monoisotopic (exact) mass is 288 g/mol. The van der Waals surface area contributed by atoms with E-state index in [0.717, 1.165) is 12.0 Å². The number of dihydropyridines is 1. The van der Waals surface area contributed by atoms with Gasteiger partial charge in [0.15, 0.2) is 0 Å². The Balaban J connectivity index is 2.16. The Hall–Kier alpha value is -2.11. The summed E-state index contributed by atoms with van der Waals surface area (Å²) in [5.41, 5.74) is 7.22. The molecule has 0 aliphatic carbocycles. The number of benzene rings is 1. The van der Waals surface area contributed by atoms with E-state index in [2.05, 4.69) is 4.99 Å². The lowest BCUT2D eigenvalue weighted by Gasteiger charge is -2.22. The Morgan fingerprint density at radius 2 is 2.10 bits per heavy atom. The number of nitrogen functional groups attached to an aromatic ring is 1. The lowest BCUT2D eigenvalue weighted by molar-refractivity contribution is 0.190. The second kappa shape index (κ2) is 7.61. The lowest BCUT2D eigenvalue weighted by Crippen LogP contribution is -2.19. The topological polar surface area (TPSA) is 77.1 Å². The van der Waals surface area contributed by atoms with Crippen LogP contribution in [0.4, 0.5) is 5.69 Å². The van der Waals surface area contributed by atoms with Crippen LogP contribution in [0.1, 0.15) is 6.42 Å². The first-order chi connectivity index (χ1) is 10.2. The molecule has 0 saturated carbocycles. The summed E-state index contributed by atoms with van der Waals surface area (Å²) in [7, 11) is 1.66. The van der Waals surface area contributed by atoms with Crippen LogP contribution in [0.15, 0.2) is 52.7 Å². The minimum atomic E-state index is -0.0640. The van der Waals surface area contributed by atoms with E-state index < -0.39 is 0 Å². The molecule has 0 fully saturated rings. The average Bonchev–Trinajstić information content (AvgIpc) is 2.50. The van der Waals surface area contributed by atoms with Crippen molar-refractivity contribution in [2.45, 2.75) is 12.5 Å². The van der Waals surface area contributed by atoms with Gasteiger partial charge in [-0.15, -0.1) is 0 Å². The summed E-state index contributed by atoms with van der Waals surface area (Å²) < 4.78 is 11.0. The summed E-state index contributed by atoms with van der Waals surface area (Å²) in [5.74, 6) is 1.38. The zero-order valence-corrected chi connectivity index (χ0v) is 12.0. The molecule has 1 heterocycles. The highest BCUT2D eigenvalue weighted by Crippen LogP contribution is 2.26. The molecular weight excluding hydrogens is 268 g/mol. The van der Waals surface area contributed by atoms with Gasteiger partial charge in [-0.2, -0.15) is 0 Å². The molecule has 1 atom stereocenters. The van der Waals surface area contributed by atoms with E-state index in [4.69, 9.17) is 15.2 Å². The van der Waals surface area contributed by atoms with Gasteiger partial charge in [0.25, 0.3) is 0 Å². The maximum absolute atomic E-state index is 9.22. The number of methoxy groups -OCH3 is 1. The highest BCUT2D eigenvalue weighted by atomic mass is 16.5. The summed E-state index contributed by atoms with van der Waals surface area (Å²) in [6.07, 6.45) is 5.98. The predicted molar refractivity (Wildman–Crippen MR) is 83.5 cm³/mol. The number of hydrogen-bond acceptors (Lipinski definition) is 5. The van der Waals surface area contributed by atoms with Crippen molar-refractivity contribution in [2.24, 2.45) is 4.99 Å². The van der Waals surface area contributed by atoms with Crippen LogP contribution in [0.5, 0.6) is 5.75 Å². The largest absolute Gasteiger partial charge is 0.457 e. The normalized spacial score (nSPS) is 19.6. The number of nitrogens with two attached hydrogens (primary N) is 1. The number of aliphatic hydroxyl groups excluding tert-OH is 1. The number of allylic oxidation sites excluding steroid dienone is 1. The van der Waals surface area contributed by atoms with Crippen molar-refractivity contribution in [1.29, 1.82) is 0 Å². The summed E-state index contributed by atoms with van der Waals surface area (Å²) in [5, 5.41) is 9.22. The fourth-order valence-electron chi connectivity index (χ4n) is 2.11. The molecule has 0 aromatic heterocycles. The maximum atomic E-state index is 9.22. The first kappa shape index (κ1) is 15.3. The van der Waals surface area contributed by atoms with Crippen LogP contribution in [0, 0.1) is 0 Å². The highest BCUT2D eigenvalue weighted by Gasteiger charge is 2.20. The molecule has 0 saturated heterocycles. The van der Waals surface area contributed by atoms with Gasteiger partial charge in [0, 0.05) is 31.2 Å². The Morgan fingerprint density at radius 1 is 1.33 bits per heavy atom. The van der Waals surface area contributed by atoms with E-state index in [1.807, 2.05) is 12.1 Å². The quantitative estimate of drug-likeness (QED) is 0.784. The molecule has 0 bridgehead atoms. The van der Waals surface area contributed by atoms with Crippen molar-refractivity contribution in [2.75, 3.05) is 26.1 Å². The molecule has 0 spiro atoms. The molecular formula is C16H20N2O3. The second-order valence-electron chi connectivity index (χ2n) is 4.64. The highest BCUT2D eigenvalue weighted by molar-refractivity contribution is 5.76. The minimum Gasteiger partial charge on any atom is -0.457 e. The van der Waals surface area contributed by atoms with Gasteiger partial charge in [0.05, 0.1) is 12.6 Å². The molecule has 112 valence electrons. The smallest absolute Gasteiger partial charge is 0.134 e. The van der Waals surface area contributed by atoms with Gasteiger partial charge in [0.1, 0.15) is 11.5 Å². The van der Waals surface area contributed by atoms with E-state index in [1.54, 1.807) is 37.6 Å². The van der Waals surface area contributed by atoms with Crippen molar-refractivity contribution in [3.8, 4) is 5.75 Å². The summed E-state index contributed by atoms with van der Waals surface area (Å²) in [6, 6.07) is 7.12. The molecule has 1 aromatic rings. The number of hydrogen-bond donors (Lipinski definition) is 2. The molecule has 2 rings (SSSR count). The average molecular weight is 288 g/mol. The molecule has 5 heteroatoms. The van der Waals surface area contributed by atoms with Crippen molar-refractivity contribution >= 4 is 11.9 Å². The number of aliphatic hydroxyl groups is 1. The van der Waals surface area contributed by atoms with Gasteiger partial charge in [-0.25, -0.2) is 0 Å². The van der Waals surface area contributed by atoms with Crippen molar-refractivity contribution in [3.63, 3.8) is 0 Å². The molecule has 0 amide bonds. The molecule has 3 N–H and O–H groups in total. The first-order valence-electron chi connectivity index (χ1n) is 6.81. The zero-order chi connectivity index (χ0) is 15.1. The van der Waals surface area contributed by atoms with Crippen LogP contribution in [-0.4, -0.2) is 37.7 Å². The maximum Gasteiger partial charge on any atom is 0.134 e. The Bertz CT molecular complexity index is 547. The van der Waals surface area contributed by atoms with E-state index in [0.29, 0.717) is 23.8 Å². The van der Waals surface area contributed by atoms with Gasteiger partial charge < -0.3 is 20.3 Å². The van der Waals surface area contributed by atoms with Gasteiger partial charge in [-0.3, -0.25) is 4.99 Å². The number of nitrogens with zero attached hydrogens (tertiary/aromatic N) is 1. The third-order valence-corrected chi connectivity index (χ3v) is 3.15. The third kappa shape index (κ3) is 4.18. The van der Waals surface area contributed by atoms with Crippen LogP contribution in [0.3, 0.4) is 0 Å². The van der Waals surface area contributed by atoms with Crippen LogP contribution < -0.4 is 10.5 Å². The van der Waals surface area contributed by atoms with Gasteiger partial charge in [-0.05, 0) is 36.8 Å². The lowest BCUT2D eigenvalue weighted by atomic mass is 10.00. The van der Waals surface area contributed by atoms with Crippen LogP contribution in [0.25, 0.3) is 0 Å². The zero-order valence-electron chi connectivity index (χ0n) is 12.0. The van der Waals surface area contributed by atoms with E-state index in [-0.39, 0.29) is 12.6 Å². The number of rotatable bonds is 6. The van der Waals surface area contributed by atoms with Crippen LogP contribution >= 0.6 is 0 Å². The molecule has 1 unspecified atom stereocenters.